The first-order chi connectivity index (χ1) is 69.7. The molecule has 12 aromatic rings. The van der Waals surface area contributed by atoms with Gasteiger partial charge in [0.2, 0.25) is 0 Å². The van der Waals surface area contributed by atoms with E-state index in [4.69, 9.17) is 18.9 Å². The molecule has 2 N–H and O–H groups in total. The number of carbonyl (C=O) groups is 7. The van der Waals surface area contributed by atoms with Crippen LogP contribution in [-0.4, -0.2) is 154 Å². The SMILES string of the molecule is COC(=O)c1ccc(CN2C=C3C(=O)N(c4ccc(F)c(C)c4)N=C3CC2)cc1.COc1cc(CN(C)C(=O)c2ccc(CN3C=C4C(=O)N(c5ccc(F)c(C)c5)N=C4CC3)cc2)ccc1C.COc1cc(CNC(=O)c2ccc(CN3C=C4C(=O)N(c5ccc(F)c(C)c5)N=C4CC3)cc2)ccc1C.COc1cc(CNC(=O)c2ccc(CN3CCc4c(c(=O)n(-c5ccc(F)c(C)c5)n4C)C3)cc2)ccc1C. The number of methoxy groups -OCH3 is 4. The summed E-state index contributed by atoms with van der Waals surface area (Å²) in [5, 5.41) is 23.4. The number of carbonyl (C=O) groups excluding carboxylic acids is 7. The molecule has 31 heteroatoms. The van der Waals surface area contributed by atoms with Gasteiger partial charge < -0.3 is 49.2 Å². The Bertz CT molecular complexity index is 7290. The number of aryl methyl sites for hydroxylation is 7. The fourth-order valence-electron chi connectivity index (χ4n) is 18.1. The molecule has 11 aromatic carbocycles. The van der Waals surface area contributed by atoms with E-state index in [0.717, 1.165) is 127 Å². The molecular weight excluding hydrogens is 1850 g/mol. The van der Waals surface area contributed by atoms with Gasteiger partial charge in [-0.2, -0.15) is 30.3 Å². The highest BCUT2D eigenvalue weighted by molar-refractivity contribution is 6.32. The number of aromatic nitrogens is 2. The van der Waals surface area contributed by atoms with Gasteiger partial charge in [0.25, 0.3) is 41.0 Å². The molecule has 1 aromatic heterocycles. The lowest BCUT2D eigenvalue weighted by atomic mass is 10.0. The maximum Gasteiger partial charge on any atom is 0.337 e. The van der Waals surface area contributed by atoms with Gasteiger partial charge >= 0.3 is 5.97 Å². The molecule has 0 aliphatic carbocycles. The molecule has 27 nitrogen and oxygen atoms in total. The Morgan fingerprint density at radius 2 is 0.703 bits per heavy atom. The lowest BCUT2D eigenvalue weighted by molar-refractivity contribution is -0.115. The Hall–Kier alpha value is -16.6. The molecule has 0 unspecified atom stereocenters. The summed E-state index contributed by atoms with van der Waals surface area (Å²) in [4.78, 5) is 112. The van der Waals surface area contributed by atoms with Gasteiger partial charge in [0.15, 0.2) is 0 Å². The first-order valence-corrected chi connectivity index (χ1v) is 47.6. The van der Waals surface area contributed by atoms with Crippen LogP contribution in [0.3, 0.4) is 0 Å². The van der Waals surface area contributed by atoms with E-state index < -0.39 is 0 Å². The average molecular weight is 1960 g/mol. The number of hydrogen-bond acceptors (Lipinski definition) is 19. The minimum atomic E-state index is -0.370. The maximum absolute atomic E-state index is 13.8. The molecule has 0 bridgehead atoms. The van der Waals surface area contributed by atoms with Gasteiger partial charge in [-0.15, -0.1) is 0 Å². The van der Waals surface area contributed by atoms with Crippen molar-refractivity contribution in [2.45, 2.75) is 127 Å². The summed E-state index contributed by atoms with van der Waals surface area (Å²) in [5.41, 5.74) is 22.4. The number of nitrogens with one attached hydrogen (secondary N) is 2. The Morgan fingerprint density at radius 1 is 0.372 bits per heavy atom. The smallest absolute Gasteiger partial charge is 0.337 e. The van der Waals surface area contributed by atoms with E-state index in [-0.39, 0.29) is 70.2 Å². The fourth-order valence-corrected chi connectivity index (χ4v) is 18.1. The summed E-state index contributed by atoms with van der Waals surface area (Å²) < 4.78 is 79.0. The van der Waals surface area contributed by atoms with E-state index in [1.165, 1.54) is 46.4 Å². The highest BCUT2D eigenvalue weighted by Gasteiger charge is 2.38. The molecule has 7 aliphatic rings. The molecule has 145 heavy (non-hydrogen) atoms. The van der Waals surface area contributed by atoms with E-state index in [9.17, 15) is 55.9 Å². The number of hydrazone groups is 3. The standard InChI is InChI=1S/C31H31FN4O3.C31H33FN4O3.C30H29FN4O3.C22H20FN3O3/c1-20-5-6-23(16-29(20)39-4)17-34(3)30(37)24-9-7-22(8-10-24)18-35-14-13-28-26(19-35)31(38)36(33-28)25-11-12-27(32)21(2)15-25;1-20-5-6-23(16-29(20)39-4)17-33-30(37)24-9-7-22(8-10-24)18-35-14-13-28-26(19-35)31(38)36(34(28)3)25-11-12-27(32)21(2)15-25;1-19-4-5-22(15-28(19)38-3)16-32-29(36)23-8-6-21(7-9-23)17-34-13-12-27-25(18-34)30(37)35(33-27)24-10-11-26(31)20(2)14-24;1-14-11-17(7-8-19(14)23)26-21(27)18-13-25(10-9-20(18)24-26)12-15-3-5-16(6-4-15)22(28)29-2/h5-12,15-16,19H,13-14,17-18H2,1-4H3;5-12,15-16H,13-14,17-19H2,1-4H3,(H,33,37);4-11,14-15,18H,12-13,16-17H2,1-3H3,(H,32,36);3-8,11,13H,9-10,12H2,1-2H3. The van der Waals surface area contributed by atoms with E-state index in [1.54, 1.807) is 126 Å². The van der Waals surface area contributed by atoms with Crippen LogP contribution in [0.25, 0.3) is 5.69 Å². The summed E-state index contributed by atoms with van der Waals surface area (Å²) in [7, 11) is 9.94. The van der Waals surface area contributed by atoms with Gasteiger partial charge in [0, 0.05) is 159 Å². The summed E-state index contributed by atoms with van der Waals surface area (Å²) in [6.45, 7) is 19.9. The Kier molecular flexibility index (Phi) is 31.3. The van der Waals surface area contributed by atoms with Crippen molar-refractivity contribution in [3.63, 3.8) is 0 Å². The van der Waals surface area contributed by atoms with Crippen molar-refractivity contribution in [2.75, 3.05) is 76.7 Å². The lowest BCUT2D eigenvalue weighted by Gasteiger charge is -2.26. The predicted octanol–water partition coefficient (Wildman–Crippen LogP) is 17.9. The van der Waals surface area contributed by atoms with Crippen LogP contribution in [0, 0.1) is 71.7 Å². The number of anilines is 3. The molecular formula is C114H113F4N15O12. The Balaban J connectivity index is 0.000000139. The van der Waals surface area contributed by atoms with Crippen LogP contribution in [0.5, 0.6) is 17.2 Å². The maximum atomic E-state index is 13.8. The van der Waals surface area contributed by atoms with Crippen LogP contribution >= 0.6 is 0 Å². The topological polar surface area (TPSA) is 270 Å². The third-order valence-electron chi connectivity index (χ3n) is 26.4. The molecule has 19 rings (SSSR count). The molecule has 7 aliphatic heterocycles. The molecule has 744 valence electrons. The Morgan fingerprint density at radius 3 is 1.07 bits per heavy atom. The summed E-state index contributed by atoms with van der Waals surface area (Å²) >= 11 is 0. The summed E-state index contributed by atoms with van der Waals surface area (Å²) in [6.07, 6.45) is 8.20. The minimum absolute atomic E-state index is 0.0605. The second kappa shape index (κ2) is 44.7. The van der Waals surface area contributed by atoms with Crippen molar-refractivity contribution in [3.05, 3.63) is 405 Å². The zero-order valence-electron chi connectivity index (χ0n) is 83.1. The highest BCUT2D eigenvalue weighted by atomic mass is 19.1. The number of nitrogens with zero attached hydrogens (tertiary/aromatic N) is 13. The van der Waals surface area contributed by atoms with Crippen LogP contribution in [0.15, 0.2) is 280 Å². The van der Waals surface area contributed by atoms with Crippen LogP contribution in [0.1, 0.15) is 150 Å². The molecule has 0 saturated carbocycles. The highest BCUT2D eigenvalue weighted by Crippen LogP contribution is 2.36. The number of ether oxygens (including phenoxy) is 4. The van der Waals surface area contributed by atoms with Gasteiger partial charge in [0.1, 0.15) is 40.5 Å². The van der Waals surface area contributed by atoms with Gasteiger partial charge in [-0.25, -0.2) is 27.0 Å². The predicted molar refractivity (Wildman–Crippen MR) is 549 cm³/mol. The number of rotatable bonds is 25. The van der Waals surface area contributed by atoms with Crippen LogP contribution in [-0.2, 0) is 84.9 Å². The number of halogens is 4. The second-order valence-corrected chi connectivity index (χ2v) is 36.8. The van der Waals surface area contributed by atoms with Crippen molar-refractivity contribution in [2.24, 2.45) is 22.4 Å². The average Bonchev–Trinajstić information content (AvgIpc) is 1.62. The van der Waals surface area contributed by atoms with Crippen molar-refractivity contribution < 1.29 is 70.1 Å². The molecule has 0 atom stereocenters. The Labute approximate surface area is 838 Å². The molecule has 8 heterocycles. The van der Waals surface area contributed by atoms with E-state index >= 15 is 0 Å². The molecule has 0 fully saturated rings. The van der Waals surface area contributed by atoms with E-state index in [0.29, 0.717) is 162 Å². The molecule has 0 spiro atoms. The van der Waals surface area contributed by atoms with Gasteiger partial charge in [-0.3, -0.25) is 43.1 Å². The number of benzene rings is 11. The fraction of sp³-hybridized carbons (Fsp3) is 0.254. The van der Waals surface area contributed by atoms with E-state index in [1.807, 2.05) is 191 Å². The third-order valence-corrected chi connectivity index (χ3v) is 26.4. The quantitative estimate of drug-likeness (QED) is 0.0397. The zero-order valence-corrected chi connectivity index (χ0v) is 83.1. The van der Waals surface area contributed by atoms with Crippen LogP contribution in [0.4, 0.5) is 34.6 Å². The monoisotopic (exact) mass is 1960 g/mol. The van der Waals surface area contributed by atoms with E-state index in [2.05, 4.69) is 45.5 Å². The number of hydrogen-bond donors (Lipinski definition) is 2. The number of esters is 1. The van der Waals surface area contributed by atoms with Gasteiger partial charge in [-0.1, -0.05) is 84.9 Å². The molecule has 0 radical (unpaired) electrons. The zero-order chi connectivity index (χ0) is 103. The summed E-state index contributed by atoms with van der Waals surface area (Å²) in [6, 6.07) is 65.9. The van der Waals surface area contributed by atoms with Crippen molar-refractivity contribution in [1.29, 1.82) is 0 Å². The van der Waals surface area contributed by atoms with Gasteiger partial charge in [-0.05, 0) is 266 Å². The second-order valence-electron chi connectivity index (χ2n) is 36.8. The normalized spacial score (nSPS) is 14.5. The number of fused-ring (bicyclic) bond motifs is 4. The number of amides is 6. The van der Waals surface area contributed by atoms with Crippen molar-refractivity contribution in [1.82, 2.24) is 44.5 Å². The van der Waals surface area contributed by atoms with Gasteiger partial charge in [0.05, 0.1) is 96.2 Å². The van der Waals surface area contributed by atoms with Crippen LogP contribution < -0.4 is 45.4 Å². The molecule has 6 amide bonds. The van der Waals surface area contributed by atoms with Crippen LogP contribution in [0.2, 0.25) is 0 Å². The lowest BCUT2D eigenvalue weighted by Crippen LogP contribution is -2.32. The third kappa shape index (κ3) is 23.4. The summed E-state index contributed by atoms with van der Waals surface area (Å²) in [5.74, 6) is -0.169. The first-order valence-electron chi connectivity index (χ1n) is 47.6. The largest absolute Gasteiger partial charge is 0.496 e. The minimum Gasteiger partial charge on any atom is -0.496 e. The molecule has 0 saturated heterocycles. The van der Waals surface area contributed by atoms with Crippen molar-refractivity contribution >= 4 is 75.6 Å². The van der Waals surface area contributed by atoms with Crippen molar-refractivity contribution in [3.8, 4) is 22.9 Å². The first kappa shape index (κ1) is 101.